The molecule has 5 nitrogen and oxygen atoms in total. The summed E-state index contributed by atoms with van der Waals surface area (Å²) in [4.78, 5) is 6.85. The molecule has 0 aromatic carbocycles. The lowest BCUT2D eigenvalue weighted by Gasteiger charge is -2.28. The highest BCUT2D eigenvalue weighted by Crippen LogP contribution is 2.16. The van der Waals surface area contributed by atoms with Gasteiger partial charge in [-0.2, -0.15) is 5.10 Å². The molecule has 0 bridgehead atoms. The van der Waals surface area contributed by atoms with Crippen LogP contribution in [0.15, 0.2) is 24.5 Å². The van der Waals surface area contributed by atoms with Crippen LogP contribution in [-0.2, 0) is 0 Å². The maximum absolute atomic E-state index is 4.61. The SMILES string of the molecule is CN(CC1CCCNC1)c1ccn2nccc2n1. The molecule has 18 heavy (non-hydrogen) atoms. The second-order valence-electron chi connectivity index (χ2n) is 5.01. The predicted octanol–water partition coefficient (Wildman–Crippen LogP) is 1.17. The molecule has 0 aliphatic carbocycles. The molecule has 5 heteroatoms. The number of anilines is 1. The Kier molecular flexibility index (Phi) is 3.15. The first kappa shape index (κ1) is 11.5. The fourth-order valence-electron chi connectivity index (χ4n) is 2.58. The molecule has 1 saturated heterocycles. The van der Waals surface area contributed by atoms with Gasteiger partial charge in [-0.25, -0.2) is 9.50 Å². The van der Waals surface area contributed by atoms with Gasteiger partial charge in [-0.1, -0.05) is 0 Å². The summed E-state index contributed by atoms with van der Waals surface area (Å²) in [7, 11) is 2.11. The Bertz CT molecular complexity index is 515. The number of rotatable bonds is 3. The van der Waals surface area contributed by atoms with E-state index >= 15 is 0 Å². The summed E-state index contributed by atoms with van der Waals surface area (Å²) < 4.78 is 1.79. The van der Waals surface area contributed by atoms with Gasteiger partial charge in [0.1, 0.15) is 5.82 Å². The highest BCUT2D eigenvalue weighted by atomic mass is 15.3. The van der Waals surface area contributed by atoms with E-state index < -0.39 is 0 Å². The second kappa shape index (κ2) is 4.94. The molecule has 1 fully saturated rings. The summed E-state index contributed by atoms with van der Waals surface area (Å²) in [6.07, 6.45) is 6.34. The van der Waals surface area contributed by atoms with Crippen molar-refractivity contribution in [1.29, 1.82) is 0 Å². The third-order valence-corrected chi connectivity index (χ3v) is 3.57. The quantitative estimate of drug-likeness (QED) is 0.881. The van der Waals surface area contributed by atoms with Crippen LogP contribution in [0.4, 0.5) is 5.82 Å². The largest absolute Gasteiger partial charge is 0.359 e. The van der Waals surface area contributed by atoms with Gasteiger partial charge < -0.3 is 10.2 Å². The van der Waals surface area contributed by atoms with Crippen molar-refractivity contribution >= 4 is 11.5 Å². The van der Waals surface area contributed by atoms with Gasteiger partial charge in [-0.15, -0.1) is 0 Å². The molecule has 1 aliphatic rings. The topological polar surface area (TPSA) is 45.5 Å². The highest BCUT2D eigenvalue weighted by molar-refractivity contribution is 5.46. The van der Waals surface area contributed by atoms with Crippen LogP contribution < -0.4 is 10.2 Å². The maximum atomic E-state index is 4.61. The molecular weight excluding hydrogens is 226 g/mol. The van der Waals surface area contributed by atoms with Gasteiger partial charge in [0.05, 0.1) is 6.20 Å². The van der Waals surface area contributed by atoms with Gasteiger partial charge in [-0.05, 0) is 37.9 Å². The molecule has 1 atom stereocenters. The normalized spacial score (nSPS) is 20.2. The fraction of sp³-hybridized carbons (Fsp3) is 0.538. The summed E-state index contributed by atoms with van der Waals surface area (Å²) in [5, 5.41) is 7.62. The number of piperidine rings is 1. The standard InChI is InChI=1S/C13H19N5/c1-17(10-11-3-2-6-14-9-11)12-5-8-18-13(16-12)4-7-15-18/h4-5,7-8,11,14H,2-3,6,9-10H2,1H3. The molecule has 3 heterocycles. The van der Waals surface area contributed by atoms with E-state index in [1.165, 1.54) is 19.4 Å². The minimum Gasteiger partial charge on any atom is -0.359 e. The molecular formula is C13H19N5. The van der Waals surface area contributed by atoms with Crippen molar-refractivity contribution in [1.82, 2.24) is 19.9 Å². The van der Waals surface area contributed by atoms with Gasteiger partial charge in [0, 0.05) is 25.9 Å². The fourth-order valence-corrected chi connectivity index (χ4v) is 2.58. The first-order valence-corrected chi connectivity index (χ1v) is 6.55. The Morgan fingerprint density at radius 2 is 2.44 bits per heavy atom. The Balaban J connectivity index is 1.72. The van der Waals surface area contributed by atoms with E-state index in [4.69, 9.17) is 0 Å². The lowest BCUT2D eigenvalue weighted by atomic mass is 9.99. The Hall–Kier alpha value is -1.62. The van der Waals surface area contributed by atoms with E-state index in [2.05, 4.69) is 27.3 Å². The number of nitrogens with one attached hydrogen (secondary N) is 1. The smallest absolute Gasteiger partial charge is 0.157 e. The number of fused-ring (bicyclic) bond motifs is 1. The Morgan fingerprint density at radius 1 is 1.50 bits per heavy atom. The summed E-state index contributed by atoms with van der Waals surface area (Å²) in [6.45, 7) is 3.35. The predicted molar refractivity (Wildman–Crippen MR) is 71.9 cm³/mol. The zero-order chi connectivity index (χ0) is 12.4. The molecule has 0 saturated carbocycles. The third-order valence-electron chi connectivity index (χ3n) is 3.57. The molecule has 2 aromatic rings. The summed E-state index contributed by atoms with van der Waals surface area (Å²) in [6, 6.07) is 3.95. The van der Waals surface area contributed by atoms with E-state index in [1.54, 1.807) is 10.7 Å². The molecule has 96 valence electrons. The van der Waals surface area contributed by atoms with Crippen LogP contribution >= 0.6 is 0 Å². The van der Waals surface area contributed by atoms with Crippen molar-refractivity contribution < 1.29 is 0 Å². The molecule has 0 radical (unpaired) electrons. The average molecular weight is 245 g/mol. The summed E-state index contributed by atoms with van der Waals surface area (Å²) >= 11 is 0. The maximum Gasteiger partial charge on any atom is 0.157 e. The van der Waals surface area contributed by atoms with E-state index in [1.807, 2.05) is 18.3 Å². The first-order chi connectivity index (χ1) is 8.83. The second-order valence-corrected chi connectivity index (χ2v) is 5.01. The van der Waals surface area contributed by atoms with Crippen LogP contribution in [0, 0.1) is 5.92 Å². The van der Waals surface area contributed by atoms with E-state index in [9.17, 15) is 0 Å². The molecule has 2 aromatic heterocycles. The summed E-state index contributed by atoms with van der Waals surface area (Å²) in [5.74, 6) is 1.75. The van der Waals surface area contributed by atoms with Gasteiger partial charge in [-0.3, -0.25) is 0 Å². The zero-order valence-corrected chi connectivity index (χ0v) is 10.7. The number of hydrogen-bond acceptors (Lipinski definition) is 4. The van der Waals surface area contributed by atoms with Gasteiger partial charge in [0.15, 0.2) is 5.65 Å². The molecule has 0 spiro atoms. The van der Waals surface area contributed by atoms with E-state index in [0.717, 1.165) is 30.5 Å². The minimum absolute atomic E-state index is 0.728. The van der Waals surface area contributed by atoms with Crippen LogP contribution in [0.2, 0.25) is 0 Å². The van der Waals surface area contributed by atoms with Crippen molar-refractivity contribution in [3.8, 4) is 0 Å². The Labute approximate surface area is 107 Å². The van der Waals surface area contributed by atoms with Crippen molar-refractivity contribution in [3.05, 3.63) is 24.5 Å². The lowest BCUT2D eigenvalue weighted by molar-refractivity contribution is 0.380. The van der Waals surface area contributed by atoms with Gasteiger partial charge in [0.2, 0.25) is 0 Å². The van der Waals surface area contributed by atoms with E-state index in [0.29, 0.717) is 0 Å². The van der Waals surface area contributed by atoms with E-state index in [-0.39, 0.29) is 0 Å². The molecule has 1 N–H and O–H groups in total. The van der Waals surface area contributed by atoms with Gasteiger partial charge >= 0.3 is 0 Å². The lowest BCUT2D eigenvalue weighted by Crippen LogP contribution is -2.37. The number of aromatic nitrogens is 3. The average Bonchev–Trinajstić information content (AvgIpc) is 2.87. The molecule has 1 unspecified atom stereocenters. The number of hydrogen-bond donors (Lipinski definition) is 1. The van der Waals surface area contributed by atoms with Crippen LogP contribution in [-0.4, -0.2) is 41.3 Å². The van der Waals surface area contributed by atoms with Crippen LogP contribution in [0.5, 0.6) is 0 Å². The molecule has 1 aliphatic heterocycles. The summed E-state index contributed by atoms with van der Waals surface area (Å²) in [5.41, 5.74) is 0.904. The van der Waals surface area contributed by atoms with Crippen molar-refractivity contribution in [2.45, 2.75) is 12.8 Å². The zero-order valence-electron chi connectivity index (χ0n) is 10.7. The first-order valence-electron chi connectivity index (χ1n) is 6.55. The minimum atomic E-state index is 0.728. The Morgan fingerprint density at radius 3 is 3.28 bits per heavy atom. The number of nitrogens with zero attached hydrogens (tertiary/aromatic N) is 4. The van der Waals surface area contributed by atoms with Crippen LogP contribution in [0.25, 0.3) is 5.65 Å². The van der Waals surface area contributed by atoms with Gasteiger partial charge in [0.25, 0.3) is 0 Å². The monoisotopic (exact) mass is 245 g/mol. The van der Waals surface area contributed by atoms with Crippen molar-refractivity contribution in [2.24, 2.45) is 5.92 Å². The van der Waals surface area contributed by atoms with Crippen molar-refractivity contribution in [3.63, 3.8) is 0 Å². The highest BCUT2D eigenvalue weighted by Gasteiger charge is 2.15. The third kappa shape index (κ3) is 2.31. The molecule has 0 amide bonds. The molecule has 3 rings (SSSR count). The van der Waals surface area contributed by atoms with Crippen LogP contribution in [0.3, 0.4) is 0 Å². The van der Waals surface area contributed by atoms with Crippen molar-refractivity contribution in [2.75, 3.05) is 31.6 Å². The van der Waals surface area contributed by atoms with Crippen LogP contribution in [0.1, 0.15) is 12.8 Å².